The van der Waals surface area contributed by atoms with Crippen LogP contribution < -0.4 is 10.9 Å². The average Bonchev–Trinajstić information content (AvgIpc) is 3.62. The average molecular weight is 473 g/mol. The van der Waals surface area contributed by atoms with Crippen LogP contribution in [0.4, 0.5) is 4.79 Å². The number of fused-ring (bicyclic) bond motifs is 1. The molecule has 1 aromatic heterocycles. The van der Waals surface area contributed by atoms with Gasteiger partial charge in [0.25, 0.3) is 17.4 Å². The van der Waals surface area contributed by atoms with Gasteiger partial charge in [-0.2, -0.15) is 0 Å². The van der Waals surface area contributed by atoms with Crippen LogP contribution >= 0.6 is 11.6 Å². The maximum atomic E-state index is 12.8. The van der Waals surface area contributed by atoms with E-state index in [0.717, 1.165) is 18.4 Å². The van der Waals surface area contributed by atoms with Gasteiger partial charge >= 0.3 is 6.09 Å². The van der Waals surface area contributed by atoms with E-state index in [1.807, 2.05) is 0 Å². The molecule has 1 aromatic carbocycles. The van der Waals surface area contributed by atoms with E-state index in [0.29, 0.717) is 17.5 Å². The summed E-state index contributed by atoms with van der Waals surface area (Å²) in [5, 5.41) is 3.30. The van der Waals surface area contributed by atoms with Crippen molar-refractivity contribution >= 4 is 29.5 Å². The SMILES string of the molecule is CN(CC1CC1)C(=O)OCN1CCn2c(ccc(C(=O)NCc3ccc(Cl)cc3)c2=O)C1=O. The lowest BCUT2D eigenvalue weighted by Crippen LogP contribution is -2.47. The molecule has 2 aromatic rings. The second kappa shape index (κ2) is 9.66. The molecular weight excluding hydrogens is 448 g/mol. The molecule has 4 rings (SSSR count). The van der Waals surface area contributed by atoms with Crippen molar-refractivity contribution in [1.29, 1.82) is 0 Å². The standard InChI is InChI=1S/C23H25ClN4O5/c1-26(13-16-2-3-16)23(32)33-14-27-10-11-28-19(22(27)31)9-8-18(21(28)30)20(29)25-12-15-4-6-17(24)7-5-15/h4-9,16H,2-3,10-14H2,1H3,(H,25,29). The quantitative estimate of drug-likeness (QED) is 0.666. The first-order valence-corrected chi connectivity index (χ1v) is 11.1. The van der Waals surface area contributed by atoms with E-state index in [9.17, 15) is 19.2 Å². The van der Waals surface area contributed by atoms with Crippen molar-refractivity contribution in [3.05, 3.63) is 68.6 Å². The Kier molecular flexibility index (Phi) is 6.69. The predicted molar refractivity (Wildman–Crippen MR) is 121 cm³/mol. The predicted octanol–water partition coefficient (Wildman–Crippen LogP) is 2.32. The highest BCUT2D eigenvalue weighted by atomic mass is 35.5. The normalized spacial score (nSPS) is 15.1. The van der Waals surface area contributed by atoms with Crippen LogP contribution in [0.1, 0.15) is 39.3 Å². The maximum Gasteiger partial charge on any atom is 0.411 e. The molecule has 0 unspecified atom stereocenters. The number of pyridine rings is 1. The molecule has 0 saturated heterocycles. The number of hydrogen-bond acceptors (Lipinski definition) is 5. The van der Waals surface area contributed by atoms with Gasteiger partial charge in [-0.3, -0.25) is 14.4 Å². The molecule has 1 saturated carbocycles. The van der Waals surface area contributed by atoms with Gasteiger partial charge in [0.2, 0.25) is 0 Å². The Labute approximate surface area is 195 Å². The molecule has 1 aliphatic heterocycles. The third-order valence-electron chi connectivity index (χ3n) is 5.77. The summed E-state index contributed by atoms with van der Waals surface area (Å²) in [5.74, 6) is -0.410. The summed E-state index contributed by atoms with van der Waals surface area (Å²) < 4.78 is 6.55. The minimum atomic E-state index is -0.532. The number of ether oxygens (including phenoxy) is 1. The number of carbonyl (C=O) groups excluding carboxylic acids is 3. The van der Waals surface area contributed by atoms with Crippen molar-refractivity contribution < 1.29 is 19.1 Å². The Morgan fingerprint density at radius 1 is 1.12 bits per heavy atom. The Morgan fingerprint density at radius 2 is 1.85 bits per heavy atom. The van der Waals surface area contributed by atoms with Crippen LogP contribution in [0.3, 0.4) is 0 Å². The van der Waals surface area contributed by atoms with Gasteiger partial charge < -0.3 is 24.4 Å². The molecule has 33 heavy (non-hydrogen) atoms. The fourth-order valence-electron chi connectivity index (χ4n) is 3.65. The minimum absolute atomic E-state index is 0.0397. The third-order valence-corrected chi connectivity index (χ3v) is 6.02. The van der Waals surface area contributed by atoms with Crippen molar-refractivity contribution in [3.63, 3.8) is 0 Å². The fraction of sp³-hybridized carbons (Fsp3) is 0.391. The topological polar surface area (TPSA) is 101 Å². The fourth-order valence-corrected chi connectivity index (χ4v) is 3.78. The number of nitrogens with one attached hydrogen (secondary N) is 1. The van der Waals surface area contributed by atoms with E-state index in [2.05, 4.69) is 5.32 Å². The number of rotatable bonds is 7. The van der Waals surface area contributed by atoms with Gasteiger partial charge in [0, 0.05) is 38.2 Å². The van der Waals surface area contributed by atoms with Crippen LogP contribution in [-0.4, -0.2) is 59.1 Å². The highest BCUT2D eigenvalue weighted by Gasteiger charge is 2.29. The Morgan fingerprint density at radius 3 is 2.55 bits per heavy atom. The van der Waals surface area contributed by atoms with E-state index in [4.69, 9.17) is 16.3 Å². The summed E-state index contributed by atoms with van der Waals surface area (Å²) in [6, 6.07) is 9.81. The van der Waals surface area contributed by atoms with Crippen LogP contribution in [-0.2, 0) is 17.8 Å². The third kappa shape index (κ3) is 5.36. The van der Waals surface area contributed by atoms with Gasteiger partial charge in [-0.1, -0.05) is 23.7 Å². The monoisotopic (exact) mass is 472 g/mol. The molecule has 1 aliphatic carbocycles. The summed E-state index contributed by atoms with van der Waals surface area (Å²) in [5.41, 5.74) is 0.425. The van der Waals surface area contributed by atoms with E-state index >= 15 is 0 Å². The van der Waals surface area contributed by atoms with E-state index < -0.39 is 23.5 Å². The lowest BCUT2D eigenvalue weighted by molar-refractivity contribution is 0.0312. The first-order chi connectivity index (χ1) is 15.8. The smallest absolute Gasteiger partial charge is 0.411 e. The summed E-state index contributed by atoms with van der Waals surface area (Å²) in [4.78, 5) is 53.2. The van der Waals surface area contributed by atoms with Gasteiger partial charge in [0.05, 0.1) is 0 Å². The van der Waals surface area contributed by atoms with Crippen LogP contribution in [0, 0.1) is 5.92 Å². The number of nitrogens with zero attached hydrogens (tertiary/aromatic N) is 3. The Balaban J connectivity index is 1.37. The minimum Gasteiger partial charge on any atom is -0.428 e. The molecule has 9 nitrogen and oxygen atoms in total. The van der Waals surface area contributed by atoms with E-state index in [1.54, 1.807) is 31.3 Å². The zero-order valence-electron chi connectivity index (χ0n) is 18.3. The number of benzene rings is 1. The summed E-state index contributed by atoms with van der Waals surface area (Å²) in [6.45, 7) is 1.09. The van der Waals surface area contributed by atoms with E-state index in [1.165, 1.54) is 26.5 Å². The van der Waals surface area contributed by atoms with Crippen molar-refractivity contribution in [2.75, 3.05) is 26.9 Å². The molecule has 0 spiro atoms. The molecule has 1 fully saturated rings. The Bertz CT molecular complexity index is 1130. The number of hydrogen-bond donors (Lipinski definition) is 1. The summed E-state index contributed by atoms with van der Waals surface area (Å²) >= 11 is 5.86. The zero-order valence-corrected chi connectivity index (χ0v) is 19.0. The van der Waals surface area contributed by atoms with Crippen LogP contribution in [0.15, 0.2) is 41.2 Å². The molecule has 0 atom stereocenters. The van der Waals surface area contributed by atoms with Gasteiger partial charge in [-0.25, -0.2) is 4.79 Å². The van der Waals surface area contributed by atoms with Crippen LogP contribution in [0.25, 0.3) is 0 Å². The summed E-state index contributed by atoms with van der Waals surface area (Å²) in [6.07, 6.45) is 1.76. The van der Waals surface area contributed by atoms with Crippen molar-refractivity contribution in [2.45, 2.75) is 25.9 Å². The Hall–Kier alpha value is -3.33. The van der Waals surface area contributed by atoms with Gasteiger partial charge in [0.15, 0.2) is 6.73 Å². The van der Waals surface area contributed by atoms with Crippen molar-refractivity contribution in [2.24, 2.45) is 5.92 Å². The molecule has 0 bridgehead atoms. The first-order valence-electron chi connectivity index (χ1n) is 10.8. The lowest BCUT2D eigenvalue weighted by Gasteiger charge is -2.29. The molecule has 1 N–H and O–H groups in total. The summed E-state index contributed by atoms with van der Waals surface area (Å²) in [7, 11) is 1.67. The lowest BCUT2D eigenvalue weighted by atomic mass is 10.1. The molecule has 2 heterocycles. The van der Waals surface area contributed by atoms with Crippen molar-refractivity contribution in [1.82, 2.24) is 19.7 Å². The molecule has 174 valence electrons. The number of amides is 3. The molecule has 10 heteroatoms. The zero-order chi connectivity index (χ0) is 23.5. The highest BCUT2D eigenvalue weighted by Crippen LogP contribution is 2.29. The van der Waals surface area contributed by atoms with Gasteiger partial charge in [0.1, 0.15) is 11.3 Å². The van der Waals surface area contributed by atoms with Gasteiger partial charge in [-0.15, -0.1) is 0 Å². The number of halogens is 1. The van der Waals surface area contributed by atoms with Crippen LogP contribution in [0.2, 0.25) is 5.02 Å². The second-order valence-electron chi connectivity index (χ2n) is 8.33. The first kappa shape index (κ1) is 22.8. The largest absolute Gasteiger partial charge is 0.428 e. The molecule has 0 radical (unpaired) electrons. The number of aromatic nitrogens is 1. The second-order valence-corrected chi connectivity index (χ2v) is 8.77. The maximum absolute atomic E-state index is 12.8. The van der Waals surface area contributed by atoms with Crippen molar-refractivity contribution in [3.8, 4) is 0 Å². The number of carbonyl (C=O) groups is 3. The highest BCUT2D eigenvalue weighted by molar-refractivity contribution is 6.30. The van der Waals surface area contributed by atoms with Gasteiger partial charge in [-0.05, 0) is 48.6 Å². The molecule has 3 amide bonds. The molecular formula is C23H25ClN4O5. The molecule has 2 aliphatic rings. The van der Waals surface area contributed by atoms with E-state index in [-0.39, 0.29) is 37.6 Å². The van der Waals surface area contributed by atoms with Crippen LogP contribution in [0.5, 0.6) is 0 Å².